The lowest BCUT2D eigenvalue weighted by Crippen LogP contribution is -2.37. The molecule has 1 aliphatic heterocycles. The highest BCUT2D eigenvalue weighted by Crippen LogP contribution is 2.60. The molecule has 0 spiro atoms. The van der Waals surface area contributed by atoms with E-state index in [9.17, 15) is 14.4 Å². The Labute approximate surface area is 162 Å². The topological polar surface area (TPSA) is 66.5 Å². The standard InChI is InChI=1S/C18H18Br2N2O3/c19-15-10-8-11(16(15)20)14-13(10)17(24)22(18(14)25)7-6-12(23)21-9-4-2-1-3-5-9/h1-5,10-11,13-16H,6-8H2,(H,21,23)/t10-,11-,13-,14+,15-,16-/m1/s1. The van der Waals surface area contributed by atoms with E-state index < -0.39 is 0 Å². The summed E-state index contributed by atoms with van der Waals surface area (Å²) in [4.78, 5) is 39.4. The lowest BCUT2D eigenvalue weighted by Gasteiger charge is -2.28. The maximum absolute atomic E-state index is 12.7. The van der Waals surface area contributed by atoms with Crippen LogP contribution in [0, 0.1) is 23.7 Å². The number of hydrogen-bond donors (Lipinski definition) is 1. The van der Waals surface area contributed by atoms with Crippen molar-refractivity contribution >= 4 is 55.3 Å². The Bertz CT molecular complexity index is 694. The van der Waals surface area contributed by atoms with Gasteiger partial charge < -0.3 is 5.32 Å². The van der Waals surface area contributed by atoms with Gasteiger partial charge in [0.2, 0.25) is 17.7 Å². The van der Waals surface area contributed by atoms with Gasteiger partial charge in [-0.25, -0.2) is 0 Å². The molecule has 2 aliphatic carbocycles. The number of benzene rings is 1. The summed E-state index contributed by atoms with van der Waals surface area (Å²) in [6, 6.07) is 9.16. The number of amides is 3. The van der Waals surface area contributed by atoms with E-state index in [4.69, 9.17) is 0 Å². The fourth-order valence-corrected chi connectivity index (χ4v) is 6.46. The number of halogens is 2. The van der Waals surface area contributed by atoms with Gasteiger partial charge in [-0.05, 0) is 30.4 Å². The van der Waals surface area contributed by atoms with Crippen LogP contribution in [-0.2, 0) is 14.4 Å². The number of para-hydroxylation sites is 1. The highest BCUT2D eigenvalue weighted by molar-refractivity contribution is 9.12. The first kappa shape index (κ1) is 17.2. The van der Waals surface area contributed by atoms with Crippen LogP contribution in [0.4, 0.5) is 5.69 Å². The number of rotatable bonds is 4. The number of likely N-dealkylation sites (tertiary alicyclic amines) is 1. The smallest absolute Gasteiger partial charge is 0.233 e. The van der Waals surface area contributed by atoms with E-state index in [1.807, 2.05) is 18.2 Å². The average molecular weight is 470 g/mol. The summed E-state index contributed by atoms with van der Waals surface area (Å²) in [5.74, 6) is -0.403. The van der Waals surface area contributed by atoms with Gasteiger partial charge in [0.15, 0.2) is 0 Å². The summed E-state index contributed by atoms with van der Waals surface area (Å²) in [6.45, 7) is 0.155. The van der Waals surface area contributed by atoms with Crippen molar-refractivity contribution in [3.63, 3.8) is 0 Å². The van der Waals surface area contributed by atoms with Crippen LogP contribution in [0.15, 0.2) is 30.3 Å². The molecule has 7 heteroatoms. The number of nitrogens with one attached hydrogen (secondary N) is 1. The van der Waals surface area contributed by atoms with E-state index in [2.05, 4.69) is 37.2 Å². The number of carbonyl (C=O) groups is 3. The molecular weight excluding hydrogens is 452 g/mol. The third-order valence-corrected chi connectivity index (χ3v) is 8.91. The van der Waals surface area contributed by atoms with Gasteiger partial charge >= 0.3 is 0 Å². The van der Waals surface area contributed by atoms with Crippen molar-refractivity contribution in [1.82, 2.24) is 4.90 Å². The molecule has 0 unspecified atom stereocenters. The van der Waals surface area contributed by atoms with Crippen LogP contribution in [-0.4, -0.2) is 38.8 Å². The maximum Gasteiger partial charge on any atom is 0.233 e. The molecule has 1 saturated heterocycles. The summed E-state index contributed by atoms with van der Waals surface area (Å²) >= 11 is 7.34. The van der Waals surface area contributed by atoms with Gasteiger partial charge in [-0.1, -0.05) is 50.1 Å². The number of alkyl halides is 2. The van der Waals surface area contributed by atoms with Gasteiger partial charge in [0.1, 0.15) is 0 Å². The molecule has 1 N–H and O–H groups in total. The molecule has 1 heterocycles. The van der Waals surface area contributed by atoms with Crippen molar-refractivity contribution in [2.75, 3.05) is 11.9 Å². The van der Waals surface area contributed by atoms with Gasteiger partial charge in [0.25, 0.3) is 0 Å². The van der Waals surface area contributed by atoms with E-state index in [0.29, 0.717) is 5.69 Å². The minimum Gasteiger partial charge on any atom is -0.326 e. The van der Waals surface area contributed by atoms with Crippen LogP contribution in [0.2, 0.25) is 0 Å². The molecule has 3 amide bonds. The van der Waals surface area contributed by atoms with Crippen molar-refractivity contribution in [2.24, 2.45) is 23.7 Å². The molecule has 1 aromatic rings. The van der Waals surface area contributed by atoms with Gasteiger partial charge in [0.05, 0.1) is 11.8 Å². The van der Waals surface area contributed by atoms with Crippen LogP contribution >= 0.6 is 31.9 Å². The monoisotopic (exact) mass is 468 g/mol. The molecule has 0 radical (unpaired) electrons. The number of fused-ring (bicyclic) bond motifs is 5. The molecule has 25 heavy (non-hydrogen) atoms. The fourth-order valence-electron chi connectivity index (χ4n) is 4.59. The second-order valence-corrected chi connectivity index (χ2v) is 9.11. The summed E-state index contributed by atoms with van der Waals surface area (Å²) in [6.07, 6.45) is 1.04. The molecule has 0 aromatic heterocycles. The molecule has 6 atom stereocenters. The number of anilines is 1. The Morgan fingerprint density at radius 2 is 1.60 bits per heavy atom. The van der Waals surface area contributed by atoms with E-state index in [-0.39, 0.29) is 64.0 Å². The summed E-state index contributed by atoms with van der Waals surface area (Å²) in [7, 11) is 0. The number of nitrogens with zero attached hydrogens (tertiary/aromatic N) is 1. The van der Waals surface area contributed by atoms with Gasteiger partial charge in [-0.2, -0.15) is 0 Å². The zero-order chi connectivity index (χ0) is 17.7. The first-order valence-corrected chi connectivity index (χ1v) is 10.3. The number of carbonyl (C=O) groups excluding carboxylic acids is 3. The van der Waals surface area contributed by atoms with Crippen molar-refractivity contribution in [2.45, 2.75) is 22.5 Å². The quantitative estimate of drug-likeness (QED) is 0.544. The minimum atomic E-state index is -0.215. The molecule has 5 nitrogen and oxygen atoms in total. The molecular formula is C18H18Br2N2O3. The Hall–Kier alpha value is -1.21. The predicted molar refractivity (Wildman–Crippen MR) is 100 cm³/mol. The largest absolute Gasteiger partial charge is 0.326 e. The zero-order valence-corrected chi connectivity index (χ0v) is 16.6. The molecule has 3 aliphatic rings. The Morgan fingerprint density at radius 1 is 1.04 bits per heavy atom. The second kappa shape index (κ2) is 6.50. The molecule has 3 fully saturated rings. The van der Waals surface area contributed by atoms with E-state index in [1.165, 1.54) is 4.90 Å². The average Bonchev–Trinajstić information content (AvgIpc) is 3.20. The van der Waals surface area contributed by atoms with Gasteiger partial charge in [0, 0.05) is 28.3 Å². The first-order valence-electron chi connectivity index (χ1n) is 8.47. The van der Waals surface area contributed by atoms with E-state index in [1.54, 1.807) is 12.1 Å². The van der Waals surface area contributed by atoms with Crippen LogP contribution in [0.25, 0.3) is 0 Å². The molecule has 1 aromatic carbocycles. The molecule has 4 rings (SSSR count). The van der Waals surface area contributed by atoms with Crippen molar-refractivity contribution in [3.05, 3.63) is 30.3 Å². The molecule has 2 bridgehead atoms. The van der Waals surface area contributed by atoms with Crippen LogP contribution in [0.5, 0.6) is 0 Å². The normalized spacial score (nSPS) is 36.0. The SMILES string of the molecule is O=C(CCN1C(=O)[C@@H]2[C@H]3C[C@@H]([C@@H](Br)[C@@H]3Br)[C@@H]2C1=O)Nc1ccccc1. The Morgan fingerprint density at radius 3 is 2.16 bits per heavy atom. The lowest BCUT2D eigenvalue weighted by molar-refractivity contribution is -0.140. The van der Waals surface area contributed by atoms with Crippen molar-refractivity contribution < 1.29 is 14.4 Å². The Balaban J connectivity index is 1.40. The third-order valence-electron chi connectivity index (χ3n) is 5.70. The predicted octanol–water partition coefficient (Wildman–Crippen LogP) is 2.79. The zero-order valence-electron chi connectivity index (χ0n) is 13.4. The summed E-state index contributed by atoms with van der Waals surface area (Å²) in [5, 5.41) is 2.79. The molecule has 2 saturated carbocycles. The molecule has 132 valence electrons. The van der Waals surface area contributed by atoms with Crippen LogP contribution < -0.4 is 5.32 Å². The highest BCUT2D eigenvalue weighted by atomic mass is 79.9. The number of imide groups is 1. The van der Waals surface area contributed by atoms with Gasteiger partial charge in [-0.3, -0.25) is 19.3 Å². The minimum absolute atomic E-state index is 0.0983. The highest BCUT2D eigenvalue weighted by Gasteiger charge is 2.66. The first-order chi connectivity index (χ1) is 12.0. The summed E-state index contributed by atoms with van der Waals surface area (Å²) < 4.78 is 0. The summed E-state index contributed by atoms with van der Waals surface area (Å²) in [5.41, 5.74) is 0.714. The third kappa shape index (κ3) is 2.76. The van der Waals surface area contributed by atoms with Crippen LogP contribution in [0.3, 0.4) is 0 Å². The Kier molecular flexibility index (Phi) is 4.48. The van der Waals surface area contributed by atoms with E-state index >= 15 is 0 Å². The van der Waals surface area contributed by atoms with Gasteiger partial charge in [-0.15, -0.1) is 0 Å². The van der Waals surface area contributed by atoms with Crippen molar-refractivity contribution in [1.29, 1.82) is 0 Å². The second-order valence-electron chi connectivity index (χ2n) is 7.00. The maximum atomic E-state index is 12.7. The van der Waals surface area contributed by atoms with Crippen LogP contribution in [0.1, 0.15) is 12.8 Å². The van der Waals surface area contributed by atoms with Crippen molar-refractivity contribution in [3.8, 4) is 0 Å². The van der Waals surface area contributed by atoms with E-state index in [0.717, 1.165) is 6.42 Å². The lowest BCUT2D eigenvalue weighted by atomic mass is 9.81. The fraction of sp³-hybridized carbons (Fsp3) is 0.500. The number of hydrogen-bond acceptors (Lipinski definition) is 3.